The monoisotopic (exact) mass is 372 g/mol. The zero-order valence-corrected chi connectivity index (χ0v) is 16.0. The van der Waals surface area contributed by atoms with Crippen molar-refractivity contribution in [2.45, 2.75) is 57.5 Å². The Kier molecular flexibility index (Phi) is 5.52. The Bertz CT molecular complexity index is 729. The Balaban J connectivity index is 1.42. The van der Waals surface area contributed by atoms with E-state index in [-0.39, 0.29) is 11.9 Å². The first-order valence-electron chi connectivity index (χ1n) is 10.1. The topological polar surface area (TPSA) is 80.3 Å². The van der Waals surface area contributed by atoms with Crippen LogP contribution in [0.4, 0.5) is 0 Å². The van der Waals surface area contributed by atoms with Crippen LogP contribution in [0.25, 0.3) is 0 Å². The Morgan fingerprint density at radius 3 is 2.67 bits per heavy atom. The van der Waals surface area contributed by atoms with Gasteiger partial charge in [-0.2, -0.15) is 0 Å². The summed E-state index contributed by atoms with van der Waals surface area (Å²) >= 11 is 0. The molecule has 0 bridgehead atoms. The average molecular weight is 372 g/mol. The van der Waals surface area contributed by atoms with Crippen molar-refractivity contribution in [2.75, 3.05) is 26.2 Å². The first-order valence-corrected chi connectivity index (χ1v) is 10.1. The molecule has 0 aromatic carbocycles. The van der Waals surface area contributed by atoms with Crippen molar-refractivity contribution in [3.63, 3.8) is 0 Å². The zero-order chi connectivity index (χ0) is 18.6. The summed E-state index contributed by atoms with van der Waals surface area (Å²) in [7, 11) is 0. The fourth-order valence-electron chi connectivity index (χ4n) is 4.40. The third-order valence-electron chi connectivity index (χ3n) is 5.90. The van der Waals surface area contributed by atoms with Crippen molar-refractivity contribution in [1.82, 2.24) is 30.0 Å². The highest BCUT2D eigenvalue weighted by atomic mass is 16.3. The van der Waals surface area contributed by atoms with Gasteiger partial charge in [0.2, 0.25) is 0 Å². The van der Waals surface area contributed by atoms with Crippen LogP contribution in [0.3, 0.4) is 0 Å². The Morgan fingerprint density at radius 1 is 1.22 bits per heavy atom. The van der Waals surface area contributed by atoms with E-state index in [1.807, 2.05) is 4.90 Å². The van der Waals surface area contributed by atoms with Crippen LogP contribution in [0, 0.1) is 0 Å². The zero-order valence-electron chi connectivity index (χ0n) is 16.0. The molecule has 2 fully saturated rings. The van der Waals surface area contributed by atoms with Crippen LogP contribution < -0.4 is 0 Å². The summed E-state index contributed by atoms with van der Waals surface area (Å²) in [4.78, 5) is 16.8. The molecule has 1 saturated carbocycles. The van der Waals surface area contributed by atoms with Crippen molar-refractivity contribution in [1.29, 1.82) is 0 Å². The normalized spacial score (nSPS) is 20.7. The number of carbonyl (C=O) groups is 1. The van der Waals surface area contributed by atoms with Crippen molar-refractivity contribution >= 4 is 5.91 Å². The summed E-state index contributed by atoms with van der Waals surface area (Å²) in [5.74, 6) is 1.37. The average Bonchev–Trinajstić information content (AvgIpc) is 3.42. The first-order chi connectivity index (χ1) is 13.3. The molecule has 4 rings (SSSR count). The van der Waals surface area contributed by atoms with E-state index in [4.69, 9.17) is 4.42 Å². The Labute approximate surface area is 159 Å². The maximum atomic E-state index is 12.5. The summed E-state index contributed by atoms with van der Waals surface area (Å²) in [6.07, 6.45) is 8.67. The number of hydrogen-bond donors (Lipinski definition) is 0. The summed E-state index contributed by atoms with van der Waals surface area (Å²) in [6.45, 7) is 5.22. The van der Waals surface area contributed by atoms with Gasteiger partial charge >= 0.3 is 0 Å². The second-order valence-corrected chi connectivity index (χ2v) is 7.50. The fourth-order valence-corrected chi connectivity index (χ4v) is 4.40. The Hall–Kier alpha value is -2.22. The van der Waals surface area contributed by atoms with E-state index < -0.39 is 0 Å². The molecule has 0 N–H and O–H groups in total. The quantitative estimate of drug-likeness (QED) is 0.803. The molecule has 1 amide bonds. The molecule has 1 atom stereocenters. The highest BCUT2D eigenvalue weighted by Gasteiger charge is 2.31. The minimum absolute atomic E-state index is 0.0280. The number of hydrogen-bond acceptors (Lipinski definition) is 6. The highest BCUT2D eigenvalue weighted by Crippen LogP contribution is 2.31. The van der Waals surface area contributed by atoms with Gasteiger partial charge in [0.1, 0.15) is 0 Å². The van der Waals surface area contributed by atoms with Crippen LogP contribution in [0.5, 0.6) is 0 Å². The molecular formula is C19H28N6O2. The predicted octanol–water partition coefficient (Wildman–Crippen LogP) is 2.68. The molecule has 8 nitrogen and oxygen atoms in total. The van der Waals surface area contributed by atoms with Crippen LogP contribution in [0.1, 0.15) is 73.9 Å². The molecule has 0 radical (unpaired) electrons. The number of aromatic nitrogens is 4. The molecule has 146 valence electrons. The van der Waals surface area contributed by atoms with Gasteiger partial charge in [0.05, 0.1) is 18.3 Å². The first kappa shape index (κ1) is 18.2. The molecule has 0 spiro atoms. The minimum atomic E-state index is -0.0280. The third kappa shape index (κ3) is 3.76. The molecule has 8 heteroatoms. The number of furan rings is 1. The number of tetrazole rings is 1. The minimum Gasteiger partial charge on any atom is -0.459 e. The lowest BCUT2D eigenvalue weighted by atomic mass is 9.95. The number of rotatable bonds is 5. The van der Waals surface area contributed by atoms with Gasteiger partial charge in [-0.1, -0.05) is 26.2 Å². The van der Waals surface area contributed by atoms with Crippen LogP contribution in [-0.2, 0) is 0 Å². The highest BCUT2D eigenvalue weighted by molar-refractivity contribution is 5.91. The molecule has 1 aliphatic carbocycles. The molecule has 1 saturated heterocycles. The Morgan fingerprint density at radius 2 is 2.00 bits per heavy atom. The maximum Gasteiger partial charge on any atom is 0.289 e. The largest absolute Gasteiger partial charge is 0.459 e. The lowest BCUT2D eigenvalue weighted by Crippen LogP contribution is -2.50. The molecule has 0 unspecified atom stereocenters. The van der Waals surface area contributed by atoms with Crippen molar-refractivity contribution in [3.8, 4) is 0 Å². The molecule has 27 heavy (non-hydrogen) atoms. The van der Waals surface area contributed by atoms with Gasteiger partial charge in [0.15, 0.2) is 11.6 Å². The van der Waals surface area contributed by atoms with Gasteiger partial charge in [0.25, 0.3) is 5.91 Å². The van der Waals surface area contributed by atoms with Gasteiger partial charge < -0.3 is 9.32 Å². The van der Waals surface area contributed by atoms with Crippen LogP contribution in [0.15, 0.2) is 22.8 Å². The summed E-state index contributed by atoms with van der Waals surface area (Å²) in [5.41, 5.74) is 0. The number of piperazine rings is 1. The lowest BCUT2D eigenvalue weighted by molar-refractivity contribution is 0.0517. The van der Waals surface area contributed by atoms with E-state index in [9.17, 15) is 4.79 Å². The second kappa shape index (κ2) is 8.21. The molecular weight excluding hydrogens is 344 g/mol. The van der Waals surface area contributed by atoms with E-state index in [1.54, 1.807) is 18.4 Å². The number of amides is 1. The van der Waals surface area contributed by atoms with E-state index >= 15 is 0 Å². The summed E-state index contributed by atoms with van der Waals surface area (Å²) < 4.78 is 7.33. The predicted molar refractivity (Wildman–Crippen MR) is 99.2 cm³/mol. The number of carbonyl (C=O) groups excluding carboxylic acids is 1. The van der Waals surface area contributed by atoms with Crippen molar-refractivity contribution in [3.05, 3.63) is 30.0 Å². The SMILES string of the molecule is CC[C@H](c1nnnn1C1CCCCC1)N1CCN(C(=O)c2ccco2)CC1. The van der Waals surface area contributed by atoms with Gasteiger partial charge in [-0.25, -0.2) is 4.68 Å². The van der Waals surface area contributed by atoms with E-state index in [2.05, 4.69) is 32.0 Å². The second-order valence-electron chi connectivity index (χ2n) is 7.50. The van der Waals surface area contributed by atoms with Crippen molar-refractivity contribution in [2.24, 2.45) is 0 Å². The van der Waals surface area contributed by atoms with Gasteiger partial charge in [-0.15, -0.1) is 5.10 Å². The van der Waals surface area contributed by atoms with Crippen LogP contribution in [0.2, 0.25) is 0 Å². The van der Waals surface area contributed by atoms with Crippen molar-refractivity contribution < 1.29 is 9.21 Å². The standard InChI is InChI=1S/C19H28N6O2/c1-2-16(18-20-21-22-25(18)15-7-4-3-5-8-15)23-10-12-24(13-11-23)19(26)17-9-6-14-27-17/h6,9,14-16H,2-5,7-8,10-13H2,1H3/t16-/m1/s1. The smallest absolute Gasteiger partial charge is 0.289 e. The van der Waals surface area contributed by atoms with E-state index in [1.165, 1.54) is 32.1 Å². The summed E-state index contributed by atoms with van der Waals surface area (Å²) in [5, 5.41) is 12.7. The van der Waals surface area contributed by atoms with Gasteiger partial charge in [-0.3, -0.25) is 9.69 Å². The molecule has 2 aromatic rings. The lowest BCUT2D eigenvalue weighted by Gasteiger charge is -2.38. The van der Waals surface area contributed by atoms with Gasteiger partial charge in [0, 0.05) is 26.2 Å². The third-order valence-corrected chi connectivity index (χ3v) is 5.90. The number of nitrogens with zero attached hydrogens (tertiary/aromatic N) is 6. The molecule has 2 aliphatic rings. The van der Waals surface area contributed by atoms with E-state index in [0.717, 1.165) is 25.3 Å². The van der Waals surface area contributed by atoms with Crippen LogP contribution >= 0.6 is 0 Å². The van der Waals surface area contributed by atoms with Crippen LogP contribution in [-0.4, -0.2) is 62.1 Å². The molecule has 3 heterocycles. The summed E-state index contributed by atoms with van der Waals surface area (Å²) in [6, 6.07) is 4.10. The van der Waals surface area contributed by atoms with E-state index in [0.29, 0.717) is 24.9 Å². The molecule has 2 aromatic heterocycles. The fraction of sp³-hybridized carbons (Fsp3) is 0.684. The van der Waals surface area contributed by atoms with Gasteiger partial charge in [-0.05, 0) is 41.8 Å². The molecule has 1 aliphatic heterocycles. The maximum absolute atomic E-state index is 12.5.